The van der Waals surface area contributed by atoms with Gasteiger partial charge in [-0.15, -0.1) is 0 Å². The number of anilines is 2. The summed E-state index contributed by atoms with van der Waals surface area (Å²) in [5, 5.41) is 0.388. The number of hydrogen-bond acceptors (Lipinski definition) is 6. The van der Waals surface area contributed by atoms with Gasteiger partial charge in [-0.25, -0.2) is 19.9 Å². The SMILES string of the molecule is CN(C)c1cc(Cl)nc(-c2ccnc(N(C)C)n2)n1. The van der Waals surface area contributed by atoms with Crippen LogP contribution in [0.1, 0.15) is 0 Å². The summed E-state index contributed by atoms with van der Waals surface area (Å²) in [5.74, 6) is 1.83. The number of hydrogen-bond donors (Lipinski definition) is 0. The summed E-state index contributed by atoms with van der Waals surface area (Å²) in [6, 6.07) is 3.47. The van der Waals surface area contributed by atoms with Gasteiger partial charge >= 0.3 is 0 Å². The molecule has 0 spiro atoms. The van der Waals surface area contributed by atoms with E-state index in [4.69, 9.17) is 11.6 Å². The standard InChI is InChI=1S/C12H15ClN6/c1-18(2)10-7-9(13)16-11(17-10)8-5-6-14-12(15-8)19(3)4/h5-7H,1-4H3. The van der Waals surface area contributed by atoms with Crippen LogP contribution in [0.4, 0.5) is 11.8 Å². The van der Waals surface area contributed by atoms with Crippen molar-refractivity contribution in [3.05, 3.63) is 23.5 Å². The van der Waals surface area contributed by atoms with Gasteiger partial charge in [0.25, 0.3) is 0 Å². The van der Waals surface area contributed by atoms with Crippen molar-refractivity contribution in [2.24, 2.45) is 0 Å². The third-order valence-corrected chi connectivity index (χ3v) is 2.61. The first-order valence-corrected chi connectivity index (χ1v) is 6.08. The summed E-state index contributed by atoms with van der Waals surface area (Å²) in [5.41, 5.74) is 0.643. The van der Waals surface area contributed by atoms with Gasteiger partial charge in [-0.05, 0) is 6.07 Å². The van der Waals surface area contributed by atoms with Crippen molar-refractivity contribution in [2.45, 2.75) is 0 Å². The largest absolute Gasteiger partial charge is 0.363 e. The van der Waals surface area contributed by atoms with Crippen LogP contribution in [0.5, 0.6) is 0 Å². The highest BCUT2D eigenvalue weighted by molar-refractivity contribution is 6.29. The van der Waals surface area contributed by atoms with E-state index in [-0.39, 0.29) is 0 Å². The van der Waals surface area contributed by atoms with Gasteiger partial charge in [0.1, 0.15) is 16.7 Å². The molecule has 0 saturated carbocycles. The third-order valence-electron chi connectivity index (χ3n) is 2.41. The summed E-state index contributed by atoms with van der Waals surface area (Å²) in [7, 11) is 7.55. The maximum Gasteiger partial charge on any atom is 0.225 e. The zero-order chi connectivity index (χ0) is 14.0. The molecule has 2 aromatic heterocycles. The Morgan fingerprint density at radius 3 is 2.37 bits per heavy atom. The Morgan fingerprint density at radius 1 is 1.00 bits per heavy atom. The molecule has 2 aromatic rings. The lowest BCUT2D eigenvalue weighted by Crippen LogP contribution is -2.14. The summed E-state index contributed by atoms with van der Waals surface area (Å²) in [6.45, 7) is 0. The molecular weight excluding hydrogens is 264 g/mol. The van der Waals surface area contributed by atoms with E-state index in [1.54, 1.807) is 18.3 Å². The molecule has 0 bridgehead atoms. The molecular formula is C12H15ClN6. The van der Waals surface area contributed by atoms with Crippen LogP contribution < -0.4 is 9.80 Å². The van der Waals surface area contributed by atoms with Gasteiger partial charge in [0.2, 0.25) is 5.95 Å². The van der Waals surface area contributed by atoms with Crippen LogP contribution in [0, 0.1) is 0 Å². The molecule has 0 N–H and O–H groups in total. The second-order valence-electron chi connectivity index (χ2n) is 4.40. The van der Waals surface area contributed by atoms with E-state index in [1.807, 2.05) is 38.0 Å². The Labute approximate surface area is 117 Å². The van der Waals surface area contributed by atoms with Gasteiger partial charge in [-0.1, -0.05) is 11.6 Å². The minimum atomic E-state index is 0.388. The molecule has 0 aliphatic rings. The quantitative estimate of drug-likeness (QED) is 0.797. The average molecular weight is 279 g/mol. The molecule has 0 radical (unpaired) electrons. The molecule has 0 atom stereocenters. The minimum absolute atomic E-state index is 0.388. The first-order chi connectivity index (χ1) is 8.97. The number of nitrogens with zero attached hydrogens (tertiary/aromatic N) is 6. The number of halogens is 1. The first kappa shape index (κ1) is 13.5. The minimum Gasteiger partial charge on any atom is -0.363 e. The summed E-state index contributed by atoms with van der Waals surface area (Å²) < 4.78 is 0. The van der Waals surface area contributed by atoms with Crippen molar-refractivity contribution >= 4 is 23.4 Å². The molecule has 6 nitrogen and oxygen atoms in total. The van der Waals surface area contributed by atoms with Crippen molar-refractivity contribution in [1.82, 2.24) is 19.9 Å². The predicted octanol–water partition coefficient (Wildman–Crippen LogP) is 1.72. The highest BCUT2D eigenvalue weighted by atomic mass is 35.5. The Morgan fingerprint density at radius 2 is 1.74 bits per heavy atom. The second-order valence-corrected chi connectivity index (χ2v) is 4.79. The maximum absolute atomic E-state index is 6.01. The molecule has 7 heteroatoms. The lowest BCUT2D eigenvalue weighted by atomic mass is 10.3. The molecule has 0 fully saturated rings. The Kier molecular flexibility index (Phi) is 3.80. The van der Waals surface area contributed by atoms with E-state index in [9.17, 15) is 0 Å². The maximum atomic E-state index is 6.01. The van der Waals surface area contributed by atoms with Crippen molar-refractivity contribution in [2.75, 3.05) is 38.0 Å². The van der Waals surface area contributed by atoms with Gasteiger partial charge in [-0.2, -0.15) is 0 Å². The molecule has 0 saturated heterocycles. The van der Waals surface area contributed by atoms with E-state index >= 15 is 0 Å². The molecule has 100 valence electrons. The monoisotopic (exact) mass is 278 g/mol. The van der Waals surface area contributed by atoms with Gasteiger partial charge in [0.05, 0.1) is 0 Å². The van der Waals surface area contributed by atoms with Crippen LogP contribution in [-0.2, 0) is 0 Å². The predicted molar refractivity (Wildman–Crippen MR) is 76.7 cm³/mol. The topological polar surface area (TPSA) is 58.0 Å². The zero-order valence-electron chi connectivity index (χ0n) is 11.3. The lowest BCUT2D eigenvalue weighted by Gasteiger charge is -2.13. The summed E-state index contributed by atoms with van der Waals surface area (Å²) in [6.07, 6.45) is 1.68. The highest BCUT2D eigenvalue weighted by Gasteiger charge is 2.10. The Balaban J connectivity index is 2.49. The fourth-order valence-electron chi connectivity index (χ4n) is 1.44. The Hall–Kier alpha value is -1.95. The molecule has 0 aromatic carbocycles. The number of rotatable bonds is 3. The van der Waals surface area contributed by atoms with Crippen molar-refractivity contribution in [3.8, 4) is 11.5 Å². The molecule has 0 aliphatic carbocycles. The normalized spacial score (nSPS) is 10.4. The van der Waals surface area contributed by atoms with Gasteiger partial charge in [-0.3, -0.25) is 0 Å². The van der Waals surface area contributed by atoms with Crippen LogP contribution in [0.3, 0.4) is 0 Å². The van der Waals surface area contributed by atoms with E-state index in [0.717, 1.165) is 5.82 Å². The highest BCUT2D eigenvalue weighted by Crippen LogP contribution is 2.20. The van der Waals surface area contributed by atoms with Crippen molar-refractivity contribution in [3.63, 3.8) is 0 Å². The van der Waals surface area contributed by atoms with E-state index in [1.165, 1.54) is 0 Å². The molecule has 2 rings (SSSR count). The van der Waals surface area contributed by atoms with Crippen LogP contribution in [0.15, 0.2) is 18.3 Å². The molecule has 0 unspecified atom stereocenters. The fraction of sp³-hybridized carbons (Fsp3) is 0.333. The van der Waals surface area contributed by atoms with Crippen LogP contribution in [-0.4, -0.2) is 48.1 Å². The van der Waals surface area contributed by atoms with E-state index in [2.05, 4.69) is 19.9 Å². The average Bonchev–Trinajstić information content (AvgIpc) is 2.38. The fourth-order valence-corrected chi connectivity index (χ4v) is 1.62. The third kappa shape index (κ3) is 3.08. The molecule has 0 aliphatic heterocycles. The first-order valence-electron chi connectivity index (χ1n) is 5.70. The summed E-state index contributed by atoms with van der Waals surface area (Å²) >= 11 is 6.01. The van der Waals surface area contributed by atoms with Crippen molar-refractivity contribution < 1.29 is 0 Å². The van der Waals surface area contributed by atoms with Gasteiger partial charge in [0, 0.05) is 40.5 Å². The summed E-state index contributed by atoms with van der Waals surface area (Å²) in [4.78, 5) is 20.9. The van der Waals surface area contributed by atoms with Crippen LogP contribution >= 0.6 is 11.6 Å². The van der Waals surface area contributed by atoms with E-state index < -0.39 is 0 Å². The Bertz CT molecular complexity index is 584. The smallest absolute Gasteiger partial charge is 0.225 e. The second kappa shape index (κ2) is 5.36. The van der Waals surface area contributed by atoms with E-state index in [0.29, 0.717) is 22.6 Å². The van der Waals surface area contributed by atoms with Gasteiger partial charge < -0.3 is 9.80 Å². The lowest BCUT2D eigenvalue weighted by molar-refractivity contribution is 0.985. The van der Waals surface area contributed by atoms with Crippen LogP contribution in [0.25, 0.3) is 11.5 Å². The number of aromatic nitrogens is 4. The van der Waals surface area contributed by atoms with Gasteiger partial charge in [0.15, 0.2) is 5.82 Å². The zero-order valence-corrected chi connectivity index (χ0v) is 12.0. The van der Waals surface area contributed by atoms with Crippen molar-refractivity contribution in [1.29, 1.82) is 0 Å². The molecule has 19 heavy (non-hydrogen) atoms. The molecule has 0 amide bonds. The van der Waals surface area contributed by atoms with Crippen LogP contribution in [0.2, 0.25) is 5.15 Å². The molecule has 2 heterocycles.